The minimum Gasteiger partial charge on any atom is -0.436 e. The second-order valence-electron chi connectivity index (χ2n) is 6.38. The van der Waals surface area contributed by atoms with Crippen LogP contribution in [0.5, 0.6) is 11.6 Å². The van der Waals surface area contributed by atoms with E-state index in [1.54, 1.807) is 0 Å². The van der Waals surface area contributed by atoms with Gasteiger partial charge in [0.2, 0.25) is 0 Å². The lowest BCUT2D eigenvalue weighted by molar-refractivity contribution is 0.252. The molecule has 0 aliphatic rings. The van der Waals surface area contributed by atoms with Crippen molar-refractivity contribution in [2.24, 2.45) is 0 Å². The number of alkyl halides is 2. The molecule has 32 heavy (non-hydrogen) atoms. The van der Waals surface area contributed by atoms with Gasteiger partial charge in [0.25, 0.3) is 11.6 Å². The fourth-order valence-electron chi connectivity index (χ4n) is 2.97. The van der Waals surface area contributed by atoms with Crippen molar-refractivity contribution in [1.82, 2.24) is 9.97 Å². The quantitative estimate of drug-likeness (QED) is 0.141. The van der Waals surface area contributed by atoms with Crippen LogP contribution >= 0.6 is 23.4 Å². The summed E-state index contributed by atoms with van der Waals surface area (Å²) in [5.41, 5.74) is -1.16. The van der Waals surface area contributed by atoms with Crippen molar-refractivity contribution in [3.05, 3.63) is 87.1 Å². The zero-order valence-corrected chi connectivity index (χ0v) is 17.4. The molecule has 0 amide bonds. The van der Waals surface area contributed by atoms with Gasteiger partial charge in [-0.3, -0.25) is 0 Å². The maximum atomic E-state index is 14.3. The van der Waals surface area contributed by atoms with E-state index >= 15 is 0 Å². The van der Waals surface area contributed by atoms with Crippen LogP contribution in [0.3, 0.4) is 0 Å². The highest BCUT2D eigenvalue weighted by Crippen LogP contribution is 2.37. The van der Waals surface area contributed by atoms with Crippen LogP contribution in [0.4, 0.5) is 17.6 Å². The number of ether oxygens (including phenoxy) is 1. The predicted molar refractivity (Wildman–Crippen MR) is 111 cm³/mol. The molecular formula is C21H11ClF4N2O3S. The van der Waals surface area contributed by atoms with E-state index in [1.165, 1.54) is 42.7 Å². The summed E-state index contributed by atoms with van der Waals surface area (Å²) in [6, 6.07) is 7.86. The first-order chi connectivity index (χ1) is 15.3. The predicted octanol–water partition coefficient (Wildman–Crippen LogP) is 6.21. The molecular weight excluding hydrogens is 472 g/mol. The summed E-state index contributed by atoms with van der Waals surface area (Å²) in [6.07, 6.45) is 2.23. The van der Waals surface area contributed by atoms with Gasteiger partial charge < -0.3 is 9.15 Å². The number of nitrogens with zero attached hydrogens (tertiary/aromatic N) is 2. The summed E-state index contributed by atoms with van der Waals surface area (Å²) in [5.74, 6) is -4.66. The molecule has 4 aromatic rings. The highest BCUT2D eigenvalue weighted by Gasteiger charge is 2.21. The summed E-state index contributed by atoms with van der Waals surface area (Å²) in [6.45, 7) is 0. The Morgan fingerprint density at radius 3 is 2.69 bits per heavy atom. The van der Waals surface area contributed by atoms with Crippen molar-refractivity contribution >= 4 is 34.3 Å². The number of aromatic nitrogens is 2. The van der Waals surface area contributed by atoms with Gasteiger partial charge in [-0.1, -0.05) is 23.4 Å². The van der Waals surface area contributed by atoms with Crippen LogP contribution in [0.2, 0.25) is 5.15 Å². The Labute approximate surface area is 187 Å². The van der Waals surface area contributed by atoms with Crippen molar-refractivity contribution in [3.8, 4) is 11.6 Å². The smallest absolute Gasteiger partial charge is 0.340 e. The van der Waals surface area contributed by atoms with Crippen molar-refractivity contribution in [3.63, 3.8) is 0 Å². The Morgan fingerprint density at radius 1 is 1.12 bits per heavy atom. The molecule has 0 unspecified atom stereocenters. The van der Waals surface area contributed by atoms with Gasteiger partial charge in [0.1, 0.15) is 11.3 Å². The third kappa shape index (κ3) is 4.56. The van der Waals surface area contributed by atoms with Crippen LogP contribution < -0.4 is 10.4 Å². The Kier molecular flexibility index (Phi) is 6.33. The minimum atomic E-state index is -2.86. The van der Waals surface area contributed by atoms with Crippen molar-refractivity contribution in [2.75, 3.05) is 0 Å². The normalized spacial score (nSPS) is 11.3. The highest BCUT2D eigenvalue weighted by atomic mass is 35.5. The summed E-state index contributed by atoms with van der Waals surface area (Å²) < 4.78 is 65.3. The SMILES string of the molecule is O=c1oc2cc(Oc3ncccc3F)ccc2c(SC(F)F)c1Cc1ccnc(Cl)c1F. The molecule has 0 aliphatic heterocycles. The molecule has 4 rings (SSSR count). The fraction of sp³-hybridized carbons (Fsp3) is 0.0952. The van der Waals surface area contributed by atoms with E-state index in [1.807, 2.05) is 0 Å². The molecule has 11 heteroatoms. The van der Waals surface area contributed by atoms with E-state index in [4.69, 9.17) is 20.8 Å². The van der Waals surface area contributed by atoms with Crippen LogP contribution in [0.15, 0.2) is 62.9 Å². The minimum absolute atomic E-state index is 0.00153. The molecule has 3 heterocycles. The number of hydrogen-bond acceptors (Lipinski definition) is 6. The van der Waals surface area contributed by atoms with Gasteiger partial charge in [-0.05, 0) is 35.9 Å². The topological polar surface area (TPSA) is 65.2 Å². The van der Waals surface area contributed by atoms with Crippen LogP contribution in [0.25, 0.3) is 11.0 Å². The van der Waals surface area contributed by atoms with E-state index in [9.17, 15) is 22.4 Å². The molecule has 0 N–H and O–H groups in total. The molecule has 164 valence electrons. The number of pyridine rings is 2. The van der Waals surface area contributed by atoms with Crippen LogP contribution in [-0.4, -0.2) is 15.7 Å². The molecule has 0 radical (unpaired) electrons. The monoisotopic (exact) mass is 482 g/mol. The first kappa shape index (κ1) is 22.1. The first-order valence-corrected chi connectivity index (χ1v) is 10.2. The van der Waals surface area contributed by atoms with Crippen LogP contribution in [0, 0.1) is 11.6 Å². The van der Waals surface area contributed by atoms with Gasteiger partial charge in [-0.15, -0.1) is 0 Å². The average molecular weight is 483 g/mol. The zero-order chi connectivity index (χ0) is 22.8. The largest absolute Gasteiger partial charge is 0.436 e. The Balaban J connectivity index is 1.81. The van der Waals surface area contributed by atoms with Crippen molar-refractivity contribution < 1.29 is 26.7 Å². The summed E-state index contributed by atoms with van der Waals surface area (Å²) >= 11 is 5.81. The fourth-order valence-corrected chi connectivity index (χ4v) is 3.92. The summed E-state index contributed by atoms with van der Waals surface area (Å²) in [7, 11) is 0. The maximum absolute atomic E-state index is 14.3. The molecule has 0 spiro atoms. The second kappa shape index (κ2) is 9.17. The third-order valence-corrected chi connectivity index (χ3v) is 5.50. The molecule has 0 atom stereocenters. The highest BCUT2D eigenvalue weighted by molar-refractivity contribution is 7.99. The lowest BCUT2D eigenvalue weighted by atomic mass is 10.1. The van der Waals surface area contributed by atoms with Crippen molar-refractivity contribution in [2.45, 2.75) is 17.1 Å². The van der Waals surface area contributed by atoms with E-state index in [0.717, 1.165) is 6.07 Å². The Bertz CT molecular complexity index is 1370. The molecule has 0 bridgehead atoms. The number of benzene rings is 1. The molecule has 1 aromatic carbocycles. The molecule has 3 aromatic heterocycles. The molecule has 5 nitrogen and oxygen atoms in total. The number of thioether (sulfide) groups is 1. The van der Waals surface area contributed by atoms with Gasteiger partial charge in [0.05, 0.1) is 5.56 Å². The molecule has 0 saturated carbocycles. The summed E-state index contributed by atoms with van der Waals surface area (Å²) in [4.78, 5) is 19.9. The second-order valence-corrected chi connectivity index (χ2v) is 7.74. The van der Waals surface area contributed by atoms with E-state index in [0.29, 0.717) is 0 Å². The van der Waals surface area contributed by atoms with Gasteiger partial charge in [-0.2, -0.15) is 8.78 Å². The average Bonchev–Trinajstić information content (AvgIpc) is 2.75. The van der Waals surface area contributed by atoms with Gasteiger partial charge >= 0.3 is 5.63 Å². The van der Waals surface area contributed by atoms with E-state index in [2.05, 4.69) is 9.97 Å². The molecule has 0 aliphatic carbocycles. The lowest BCUT2D eigenvalue weighted by Crippen LogP contribution is -2.12. The number of rotatable bonds is 6. The molecule has 0 fully saturated rings. The third-order valence-electron chi connectivity index (χ3n) is 4.36. The van der Waals surface area contributed by atoms with Gasteiger partial charge in [0, 0.05) is 35.2 Å². The number of hydrogen-bond donors (Lipinski definition) is 0. The standard InChI is InChI=1S/C21H11ClF4N2O3S/c22-18-16(24)10(5-7-27-18)8-13-17(32-21(25)26)12-4-3-11(9-15(12)31-20(13)29)30-19-14(23)2-1-6-28-19/h1-7,9,21H,8H2. The molecule has 0 saturated heterocycles. The Hall–Kier alpha value is -3.11. The van der Waals surface area contributed by atoms with Crippen LogP contribution in [-0.2, 0) is 6.42 Å². The summed E-state index contributed by atoms with van der Waals surface area (Å²) in [5, 5.41) is -0.224. The maximum Gasteiger partial charge on any atom is 0.340 e. The number of halogens is 5. The zero-order valence-electron chi connectivity index (χ0n) is 15.8. The number of fused-ring (bicyclic) bond motifs is 1. The van der Waals surface area contributed by atoms with E-state index < -0.39 is 28.2 Å². The van der Waals surface area contributed by atoms with E-state index in [-0.39, 0.29) is 56.8 Å². The first-order valence-electron chi connectivity index (χ1n) is 8.95. The van der Waals surface area contributed by atoms with Gasteiger partial charge in [-0.25, -0.2) is 23.5 Å². The van der Waals surface area contributed by atoms with Crippen molar-refractivity contribution in [1.29, 1.82) is 0 Å². The lowest BCUT2D eigenvalue weighted by Gasteiger charge is -2.12. The van der Waals surface area contributed by atoms with Gasteiger partial charge in [0.15, 0.2) is 16.8 Å². The van der Waals surface area contributed by atoms with Crippen LogP contribution in [0.1, 0.15) is 11.1 Å². The Morgan fingerprint density at radius 2 is 1.94 bits per heavy atom.